The summed E-state index contributed by atoms with van der Waals surface area (Å²) in [7, 11) is 0. The molecule has 0 spiro atoms. The van der Waals surface area contributed by atoms with Crippen molar-refractivity contribution in [2.24, 2.45) is 5.92 Å². The van der Waals surface area contributed by atoms with E-state index >= 15 is 0 Å². The normalized spacial score (nSPS) is 18.8. The number of carbonyl (C=O) groups excluding carboxylic acids is 2. The molecule has 4 nitrogen and oxygen atoms in total. The smallest absolute Gasteiger partial charge is 0.259 e. The van der Waals surface area contributed by atoms with Crippen molar-refractivity contribution in [1.82, 2.24) is 5.32 Å². The molecule has 0 atom stereocenters. The van der Waals surface area contributed by atoms with Gasteiger partial charge in [-0.2, -0.15) is 0 Å². The van der Waals surface area contributed by atoms with Gasteiger partial charge in [0, 0.05) is 12.2 Å². The molecule has 0 radical (unpaired) electrons. The average Bonchev–Trinajstić information content (AvgIpc) is 2.75. The molecular weight excluding hydrogens is 252 g/mol. The van der Waals surface area contributed by atoms with Gasteiger partial charge in [0.2, 0.25) is 0 Å². The number of carbonyl (C=O) groups is 2. The van der Waals surface area contributed by atoms with Gasteiger partial charge < -0.3 is 5.32 Å². The molecule has 4 heteroatoms. The van der Waals surface area contributed by atoms with Gasteiger partial charge in [-0.15, -0.1) is 0 Å². The van der Waals surface area contributed by atoms with Crippen LogP contribution in [0.3, 0.4) is 0 Å². The number of rotatable bonds is 4. The molecule has 2 N–H and O–H groups in total. The fourth-order valence-corrected chi connectivity index (χ4v) is 3.17. The highest BCUT2D eigenvalue weighted by molar-refractivity contribution is 6.21. The number of amides is 2. The van der Waals surface area contributed by atoms with E-state index < -0.39 is 0 Å². The molecule has 0 aromatic heterocycles. The second-order valence-electron chi connectivity index (χ2n) is 5.76. The lowest BCUT2D eigenvalue weighted by atomic mass is 9.87. The highest BCUT2D eigenvalue weighted by Crippen LogP contribution is 2.26. The SMILES string of the molecule is O=C1NC(=O)c2cc(NCCC3CCCCC3)ccc21. The standard InChI is InChI=1S/C16H20N2O2/c19-15-13-7-6-12(10-14(13)16(20)18-15)17-9-8-11-4-2-1-3-5-11/h6-7,10-11,17H,1-5,8-9H2,(H,18,19,20). The van der Waals surface area contributed by atoms with Crippen LogP contribution in [0.15, 0.2) is 18.2 Å². The van der Waals surface area contributed by atoms with E-state index in [-0.39, 0.29) is 11.8 Å². The first-order valence-corrected chi connectivity index (χ1v) is 7.47. The molecule has 1 aliphatic heterocycles. The van der Waals surface area contributed by atoms with Gasteiger partial charge in [-0.05, 0) is 30.5 Å². The zero-order chi connectivity index (χ0) is 13.9. The molecule has 1 aromatic rings. The van der Waals surface area contributed by atoms with Crippen LogP contribution >= 0.6 is 0 Å². The summed E-state index contributed by atoms with van der Waals surface area (Å²) in [5.74, 6) is 0.259. The molecule has 3 rings (SSSR count). The number of imide groups is 1. The minimum Gasteiger partial charge on any atom is -0.385 e. The topological polar surface area (TPSA) is 58.2 Å². The minimum atomic E-state index is -0.293. The zero-order valence-corrected chi connectivity index (χ0v) is 11.6. The fraction of sp³-hybridized carbons (Fsp3) is 0.500. The molecule has 0 bridgehead atoms. The number of anilines is 1. The predicted octanol–water partition coefficient (Wildman–Crippen LogP) is 2.95. The fourth-order valence-electron chi connectivity index (χ4n) is 3.17. The highest BCUT2D eigenvalue weighted by atomic mass is 16.2. The Morgan fingerprint density at radius 3 is 2.60 bits per heavy atom. The molecule has 1 heterocycles. The first-order valence-electron chi connectivity index (χ1n) is 7.47. The third-order valence-electron chi connectivity index (χ3n) is 4.34. The highest BCUT2D eigenvalue weighted by Gasteiger charge is 2.26. The lowest BCUT2D eigenvalue weighted by Gasteiger charge is -2.21. The molecule has 1 aliphatic carbocycles. The molecule has 2 aliphatic rings. The Morgan fingerprint density at radius 2 is 1.80 bits per heavy atom. The molecular formula is C16H20N2O2. The lowest BCUT2D eigenvalue weighted by molar-refractivity contribution is 0.0879. The van der Waals surface area contributed by atoms with Gasteiger partial charge in [-0.25, -0.2) is 0 Å². The molecule has 2 amide bonds. The maximum Gasteiger partial charge on any atom is 0.259 e. The first kappa shape index (κ1) is 13.2. The second kappa shape index (κ2) is 5.65. The summed E-state index contributed by atoms with van der Waals surface area (Å²) in [4.78, 5) is 23.0. The Bertz CT molecular complexity index is 533. The third-order valence-corrected chi connectivity index (χ3v) is 4.34. The van der Waals surface area contributed by atoms with Crippen molar-refractivity contribution in [3.05, 3.63) is 29.3 Å². The van der Waals surface area contributed by atoms with Gasteiger partial charge in [-0.3, -0.25) is 14.9 Å². The zero-order valence-electron chi connectivity index (χ0n) is 11.6. The van der Waals surface area contributed by atoms with Crippen molar-refractivity contribution < 1.29 is 9.59 Å². The quantitative estimate of drug-likeness (QED) is 0.828. The summed E-state index contributed by atoms with van der Waals surface area (Å²) in [6, 6.07) is 5.37. The summed E-state index contributed by atoms with van der Waals surface area (Å²) in [5.41, 5.74) is 1.88. The van der Waals surface area contributed by atoms with Crippen LogP contribution in [0.25, 0.3) is 0 Å². The Hall–Kier alpha value is -1.84. The van der Waals surface area contributed by atoms with Crippen LogP contribution in [-0.4, -0.2) is 18.4 Å². The summed E-state index contributed by atoms with van der Waals surface area (Å²) >= 11 is 0. The van der Waals surface area contributed by atoms with Crippen LogP contribution in [0.1, 0.15) is 59.2 Å². The molecule has 0 saturated heterocycles. The van der Waals surface area contributed by atoms with E-state index in [1.54, 1.807) is 12.1 Å². The van der Waals surface area contributed by atoms with Crippen LogP contribution in [0.4, 0.5) is 5.69 Å². The van der Waals surface area contributed by atoms with Crippen molar-refractivity contribution in [2.75, 3.05) is 11.9 Å². The van der Waals surface area contributed by atoms with Crippen LogP contribution in [0.2, 0.25) is 0 Å². The number of hydrogen-bond donors (Lipinski definition) is 2. The van der Waals surface area contributed by atoms with E-state index in [1.165, 1.54) is 38.5 Å². The summed E-state index contributed by atoms with van der Waals surface area (Å²) in [6.07, 6.45) is 8.00. The summed E-state index contributed by atoms with van der Waals surface area (Å²) in [6.45, 7) is 0.930. The van der Waals surface area contributed by atoms with Crippen molar-refractivity contribution in [3.8, 4) is 0 Å². The van der Waals surface area contributed by atoms with Crippen LogP contribution < -0.4 is 10.6 Å². The number of nitrogens with one attached hydrogen (secondary N) is 2. The predicted molar refractivity (Wildman–Crippen MR) is 77.9 cm³/mol. The van der Waals surface area contributed by atoms with Crippen molar-refractivity contribution in [1.29, 1.82) is 0 Å². The maximum atomic E-state index is 11.6. The van der Waals surface area contributed by atoms with Gasteiger partial charge in [0.25, 0.3) is 11.8 Å². The van der Waals surface area contributed by atoms with Gasteiger partial charge in [-0.1, -0.05) is 32.1 Å². The average molecular weight is 272 g/mol. The van der Waals surface area contributed by atoms with Gasteiger partial charge >= 0.3 is 0 Å². The molecule has 20 heavy (non-hydrogen) atoms. The first-order chi connectivity index (χ1) is 9.74. The second-order valence-corrected chi connectivity index (χ2v) is 5.76. The molecule has 0 unspecified atom stereocenters. The van der Waals surface area contributed by atoms with E-state index in [4.69, 9.17) is 0 Å². The van der Waals surface area contributed by atoms with E-state index in [1.807, 2.05) is 6.07 Å². The molecule has 1 saturated carbocycles. The van der Waals surface area contributed by atoms with E-state index in [0.29, 0.717) is 11.1 Å². The summed E-state index contributed by atoms with van der Waals surface area (Å²) < 4.78 is 0. The van der Waals surface area contributed by atoms with Crippen LogP contribution in [0.5, 0.6) is 0 Å². The largest absolute Gasteiger partial charge is 0.385 e. The molecule has 106 valence electrons. The van der Waals surface area contributed by atoms with Crippen LogP contribution in [-0.2, 0) is 0 Å². The number of benzene rings is 1. The molecule has 1 fully saturated rings. The third kappa shape index (κ3) is 2.69. The van der Waals surface area contributed by atoms with Gasteiger partial charge in [0.05, 0.1) is 11.1 Å². The van der Waals surface area contributed by atoms with Crippen molar-refractivity contribution >= 4 is 17.5 Å². The van der Waals surface area contributed by atoms with E-state index in [9.17, 15) is 9.59 Å². The number of fused-ring (bicyclic) bond motifs is 1. The summed E-state index contributed by atoms with van der Waals surface area (Å²) in [5, 5.41) is 5.68. The van der Waals surface area contributed by atoms with Crippen LogP contribution in [0, 0.1) is 5.92 Å². The molecule has 1 aromatic carbocycles. The van der Waals surface area contributed by atoms with E-state index in [0.717, 1.165) is 18.2 Å². The number of hydrogen-bond acceptors (Lipinski definition) is 3. The van der Waals surface area contributed by atoms with E-state index in [2.05, 4.69) is 10.6 Å². The van der Waals surface area contributed by atoms with Gasteiger partial charge in [0.15, 0.2) is 0 Å². The Balaban J connectivity index is 1.57. The monoisotopic (exact) mass is 272 g/mol. The van der Waals surface area contributed by atoms with Crippen molar-refractivity contribution in [2.45, 2.75) is 38.5 Å². The Morgan fingerprint density at radius 1 is 1.05 bits per heavy atom. The van der Waals surface area contributed by atoms with Gasteiger partial charge in [0.1, 0.15) is 0 Å². The van der Waals surface area contributed by atoms with Crippen molar-refractivity contribution in [3.63, 3.8) is 0 Å². The Labute approximate surface area is 118 Å². The Kier molecular flexibility index (Phi) is 3.72. The minimum absolute atomic E-state index is 0.291. The lowest BCUT2D eigenvalue weighted by Crippen LogP contribution is -2.19. The maximum absolute atomic E-state index is 11.6.